The number of carboxylic acids is 1. The summed E-state index contributed by atoms with van der Waals surface area (Å²) in [4.78, 5) is 57.5. The molecule has 16 heteroatoms. The zero-order chi connectivity index (χ0) is 29.3. The van der Waals surface area contributed by atoms with E-state index in [0.29, 0.717) is 37.5 Å². The molecule has 0 aromatic carbocycles. The van der Waals surface area contributed by atoms with Gasteiger partial charge in [0.2, 0.25) is 17.7 Å². The summed E-state index contributed by atoms with van der Waals surface area (Å²) in [6.07, 6.45) is 2.86. The number of carbonyl (C=O) groups excluding carboxylic acids is 3. The van der Waals surface area contributed by atoms with Gasteiger partial charge >= 0.3 is 5.97 Å². The molecule has 3 saturated heterocycles. The zero-order valence-corrected chi connectivity index (χ0v) is 24.1. The number of tetrazole rings is 1. The Bertz CT molecular complexity index is 1190. The van der Waals surface area contributed by atoms with Crippen LogP contribution in [0, 0.1) is 11.8 Å². The van der Waals surface area contributed by atoms with Crippen molar-refractivity contribution in [3.8, 4) is 0 Å². The summed E-state index contributed by atoms with van der Waals surface area (Å²) in [6, 6.07) is -1.17. The number of nitrogens with zero attached hydrogens (tertiary/aromatic N) is 7. The monoisotopic (exact) mass is 590 g/mol. The van der Waals surface area contributed by atoms with E-state index >= 15 is 0 Å². The highest BCUT2D eigenvalue weighted by atomic mass is 32.2. The molecule has 4 aliphatic rings. The van der Waals surface area contributed by atoms with Gasteiger partial charge in [-0.15, -0.1) is 16.9 Å². The number of piperazine rings is 1. The lowest BCUT2D eigenvalue weighted by Crippen LogP contribution is -2.66. The van der Waals surface area contributed by atoms with Crippen LogP contribution in [0.25, 0.3) is 0 Å². The van der Waals surface area contributed by atoms with Crippen molar-refractivity contribution in [3.05, 3.63) is 16.9 Å². The standard InChI is InChI=1S/C25H38N10O5S/c1-14-20-19(15(2)29-18(36)12-34-13-28-30-31-34)24(38)35(20)21(25(39)40)22(14)41-16-10-17(27-11-16)23(37)33-8-6-32(7-9-33)5-3-4-26/h13-17,19-20,27H,3-12,26H2,1-2H3,(H,29,36)(H,39,40)/t14-,15-,16+,17+,19-,20-/m1/s1. The first-order valence-electron chi connectivity index (χ1n) is 14.1. The van der Waals surface area contributed by atoms with Crippen LogP contribution in [0.3, 0.4) is 0 Å². The second kappa shape index (κ2) is 12.4. The summed E-state index contributed by atoms with van der Waals surface area (Å²) in [6.45, 7) is 8.85. The summed E-state index contributed by atoms with van der Waals surface area (Å²) in [5, 5.41) is 26.9. The molecular weight excluding hydrogens is 552 g/mol. The number of aliphatic carboxylic acids is 1. The molecule has 3 fully saturated rings. The highest BCUT2D eigenvalue weighted by molar-refractivity contribution is 8.03. The van der Waals surface area contributed by atoms with Gasteiger partial charge in [0.1, 0.15) is 18.6 Å². The van der Waals surface area contributed by atoms with Crippen molar-refractivity contribution in [2.24, 2.45) is 17.6 Å². The third kappa shape index (κ3) is 5.96. The lowest BCUT2D eigenvalue weighted by molar-refractivity contribution is -0.158. The summed E-state index contributed by atoms with van der Waals surface area (Å²) in [5.41, 5.74) is 5.63. The van der Waals surface area contributed by atoms with E-state index in [1.807, 2.05) is 11.8 Å². The van der Waals surface area contributed by atoms with Crippen LogP contribution in [0.5, 0.6) is 0 Å². The molecule has 224 valence electrons. The minimum absolute atomic E-state index is 0.00209. The Hall–Kier alpha value is -3.08. The molecule has 6 atom stereocenters. The molecule has 0 unspecified atom stereocenters. The number of nitrogens with two attached hydrogens (primary N) is 1. The van der Waals surface area contributed by atoms with Crippen molar-refractivity contribution in [2.45, 2.75) is 56.6 Å². The Morgan fingerprint density at radius 3 is 2.68 bits per heavy atom. The predicted molar refractivity (Wildman–Crippen MR) is 148 cm³/mol. The van der Waals surface area contributed by atoms with Crippen LogP contribution in [0.2, 0.25) is 0 Å². The van der Waals surface area contributed by atoms with Gasteiger partial charge in [0.15, 0.2) is 0 Å². The quantitative estimate of drug-likeness (QED) is 0.206. The molecule has 5 heterocycles. The average Bonchev–Trinajstić information content (AvgIpc) is 3.68. The maximum absolute atomic E-state index is 13.2. The van der Waals surface area contributed by atoms with Crippen molar-refractivity contribution in [3.63, 3.8) is 0 Å². The van der Waals surface area contributed by atoms with Gasteiger partial charge in [-0.05, 0) is 43.3 Å². The molecule has 41 heavy (non-hydrogen) atoms. The summed E-state index contributed by atoms with van der Waals surface area (Å²) >= 11 is 1.46. The second-order valence-electron chi connectivity index (χ2n) is 11.1. The first-order chi connectivity index (χ1) is 19.7. The number of fused-ring (bicyclic) bond motifs is 1. The smallest absolute Gasteiger partial charge is 0.353 e. The highest BCUT2D eigenvalue weighted by Gasteiger charge is 2.60. The minimum Gasteiger partial charge on any atom is -0.477 e. The molecule has 5 rings (SSSR count). The number of hydrogen-bond donors (Lipinski definition) is 4. The number of hydrogen-bond acceptors (Lipinski definition) is 11. The van der Waals surface area contributed by atoms with E-state index in [9.17, 15) is 24.3 Å². The number of thioether (sulfide) groups is 1. The van der Waals surface area contributed by atoms with Crippen molar-refractivity contribution in [2.75, 3.05) is 45.8 Å². The Kier molecular flexibility index (Phi) is 8.91. The van der Waals surface area contributed by atoms with E-state index in [1.54, 1.807) is 6.92 Å². The molecule has 15 nitrogen and oxygen atoms in total. The van der Waals surface area contributed by atoms with Crippen molar-refractivity contribution in [1.29, 1.82) is 0 Å². The van der Waals surface area contributed by atoms with Crippen LogP contribution in [-0.4, -0.2) is 133 Å². The summed E-state index contributed by atoms with van der Waals surface area (Å²) in [7, 11) is 0. The van der Waals surface area contributed by atoms with E-state index in [2.05, 4.69) is 31.1 Å². The summed E-state index contributed by atoms with van der Waals surface area (Å²) in [5.74, 6) is -2.47. The molecule has 1 aromatic rings. The molecule has 5 N–H and O–H groups in total. The first kappa shape index (κ1) is 29.4. The number of β-lactam (4-membered cyclic amide) rings is 1. The zero-order valence-electron chi connectivity index (χ0n) is 23.3. The molecule has 0 saturated carbocycles. The van der Waals surface area contributed by atoms with Crippen LogP contribution in [0.1, 0.15) is 26.7 Å². The number of rotatable bonds is 11. The third-order valence-corrected chi connectivity index (χ3v) is 9.97. The number of carboxylic acid groups (broad SMARTS) is 1. The second-order valence-corrected chi connectivity index (χ2v) is 12.5. The number of amides is 3. The Balaban J connectivity index is 1.18. The molecule has 0 spiro atoms. The molecule has 0 radical (unpaired) electrons. The SMILES string of the molecule is C[C@@H](NC(=O)Cn1cnnn1)[C@H]1C(=O)N2C(C(=O)O)=C(S[C@@H]3CN[C@H](C(=O)N4CCN(CCCN)CC4)C3)[C@H](C)[C@H]12. The summed E-state index contributed by atoms with van der Waals surface area (Å²) < 4.78 is 1.28. The first-order valence-corrected chi connectivity index (χ1v) is 15.0. The molecule has 0 bridgehead atoms. The van der Waals surface area contributed by atoms with E-state index in [-0.39, 0.29) is 53.2 Å². The van der Waals surface area contributed by atoms with E-state index in [1.165, 1.54) is 27.7 Å². The average molecular weight is 591 g/mol. The molecule has 4 aliphatic heterocycles. The van der Waals surface area contributed by atoms with Crippen molar-refractivity contribution < 1.29 is 24.3 Å². The van der Waals surface area contributed by atoms with Gasteiger partial charge in [0.25, 0.3) is 0 Å². The number of carbonyl (C=O) groups is 4. The lowest BCUT2D eigenvalue weighted by atomic mass is 9.78. The van der Waals surface area contributed by atoms with Crippen molar-refractivity contribution in [1.82, 2.24) is 45.5 Å². The van der Waals surface area contributed by atoms with E-state index < -0.39 is 17.9 Å². The predicted octanol–water partition coefficient (Wildman–Crippen LogP) is -2.09. The maximum atomic E-state index is 13.2. The van der Waals surface area contributed by atoms with Gasteiger partial charge in [-0.2, -0.15) is 0 Å². The lowest BCUT2D eigenvalue weighted by Gasteiger charge is -2.47. The van der Waals surface area contributed by atoms with Gasteiger partial charge < -0.3 is 31.3 Å². The Morgan fingerprint density at radius 1 is 1.27 bits per heavy atom. The number of aromatic nitrogens is 4. The van der Waals surface area contributed by atoms with Crippen LogP contribution < -0.4 is 16.4 Å². The fourth-order valence-corrected chi connectivity index (χ4v) is 7.85. The minimum atomic E-state index is -1.14. The Labute approximate surface area is 242 Å². The van der Waals surface area contributed by atoms with Gasteiger partial charge in [-0.25, -0.2) is 9.48 Å². The van der Waals surface area contributed by atoms with E-state index in [4.69, 9.17) is 5.73 Å². The van der Waals surface area contributed by atoms with Gasteiger partial charge in [-0.1, -0.05) is 6.92 Å². The fraction of sp³-hybridized carbons (Fsp3) is 0.720. The topological polar surface area (TPSA) is 192 Å². The molecular formula is C25H38N10O5S. The Morgan fingerprint density at radius 2 is 2.02 bits per heavy atom. The van der Waals surface area contributed by atoms with Crippen LogP contribution in [-0.2, 0) is 25.7 Å². The van der Waals surface area contributed by atoms with Crippen LogP contribution in [0.15, 0.2) is 16.9 Å². The van der Waals surface area contributed by atoms with Gasteiger partial charge in [0, 0.05) is 54.8 Å². The van der Waals surface area contributed by atoms with Crippen LogP contribution >= 0.6 is 11.8 Å². The van der Waals surface area contributed by atoms with Crippen molar-refractivity contribution >= 4 is 35.5 Å². The molecule has 1 aromatic heterocycles. The fourth-order valence-electron chi connectivity index (χ4n) is 6.37. The molecule has 0 aliphatic carbocycles. The number of nitrogens with one attached hydrogen (secondary N) is 2. The highest BCUT2D eigenvalue weighted by Crippen LogP contribution is 2.51. The maximum Gasteiger partial charge on any atom is 0.353 e. The largest absolute Gasteiger partial charge is 0.477 e. The third-order valence-electron chi connectivity index (χ3n) is 8.46. The van der Waals surface area contributed by atoms with Crippen LogP contribution in [0.4, 0.5) is 0 Å². The molecule has 3 amide bonds. The van der Waals surface area contributed by atoms with E-state index in [0.717, 1.165) is 26.1 Å². The van der Waals surface area contributed by atoms with Gasteiger partial charge in [0.05, 0.1) is 18.0 Å². The normalized spacial score (nSPS) is 29.0. The van der Waals surface area contributed by atoms with Gasteiger partial charge in [-0.3, -0.25) is 19.3 Å².